The molecule has 4 rings (SSSR count). The van der Waals surface area contributed by atoms with E-state index in [1.165, 1.54) is 0 Å². The third-order valence-corrected chi connectivity index (χ3v) is 6.11. The molecule has 1 aliphatic rings. The number of hydrogen-bond acceptors (Lipinski definition) is 5. The fraction of sp³-hybridized carbons (Fsp3) is 0.385. The van der Waals surface area contributed by atoms with Crippen molar-refractivity contribution in [2.24, 2.45) is 5.92 Å². The van der Waals surface area contributed by atoms with E-state index in [9.17, 15) is 9.59 Å². The van der Waals surface area contributed by atoms with Crippen LogP contribution in [-0.4, -0.2) is 34.0 Å². The highest BCUT2D eigenvalue weighted by atomic mass is 16.5. The van der Waals surface area contributed by atoms with Crippen LogP contribution in [0.2, 0.25) is 0 Å². The first kappa shape index (κ1) is 22.7. The number of aryl methyl sites for hydroxylation is 1. The number of nitrogens with zero attached hydrogens (tertiary/aromatic N) is 2. The first-order valence-electron chi connectivity index (χ1n) is 11.4. The van der Waals surface area contributed by atoms with E-state index in [0.29, 0.717) is 24.6 Å². The first-order chi connectivity index (χ1) is 15.9. The number of rotatable bonds is 7. The van der Waals surface area contributed by atoms with Gasteiger partial charge in [0.2, 0.25) is 23.5 Å². The van der Waals surface area contributed by atoms with Crippen LogP contribution in [0.3, 0.4) is 0 Å². The summed E-state index contributed by atoms with van der Waals surface area (Å²) >= 11 is 0. The van der Waals surface area contributed by atoms with Gasteiger partial charge in [-0.1, -0.05) is 59.8 Å². The molecule has 1 saturated carbocycles. The molecule has 7 nitrogen and oxygen atoms in total. The van der Waals surface area contributed by atoms with Gasteiger partial charge in [0.1, 0.15) is 0 Å². The average Bonchev–Trinajstić information content (AvgIpc) is 3.43. The maximum Gasteiger partial charge on any atom is 0.232 e. The number of hydrogen-bond donors (Lipinski definition) is 2. The molecule has 33 heavy (non-hydrogen) atoms. The molecule has 3 aromatic rings. The molecular weight excluding hydrogens is 416 g/mol. The van der Waals surface area contributed by atoms with Crippen molar-refractivity contribution in [1.82, 2.24) is 20.8 Å². The lowest BCUT2D eigenvalue weighted by molar-refractivity contribution is -0.126. The Morgan fingerprint density at radius 2 is 1.79 bits per heavy atom. The summed E-state index contributed by atoms with van der Waals surface area (Å²) in [5.41, 5.74) is 2.93. The van der Waals surface area contributed by atoms with E-state index in [4.69, 9.17) is 4.52 Å². The van der Waals surface area contributed by atoms with E-state index in [2.05, 4.69) is 20.8 Å². The maximum absolute atomic E-state index is 12.9. The summed E-state index contributed by atoms with van der Waals surface area (Å²) in [6.45, 7) is 5.88. The zero-order valence-electron chi connectivity index (χ0n) is 19.2. The fourth-order valence-corrected chi connectivity index (χ4v) is 4.42. The molecule has 0 radical (unpaired) electrons. The maximum atomic E-state index is 12.9. The van der Waals surface area contributed by atoms with Gasteiger partial charge in [-0.3, -0.25) is 9.59 Å². The van der Waals surface area contributed by atoms with E-state index in [-0.39, 0.29) is 42.2 Å². The third-order valence-electron chi connectivity index (χ3n) is 6.11. The molecule has 0 spiro atoms. The minimum absolute atomic E-state index is 0.00606. The number of nitrogens with one attached hydrogen (secondary N) is 2. The Hall–Kier alpha value is -3.48. The predicted molar refractivity (Wildman–Crippen MR) is 125 cm³/mol. The van der Waals surface area contributed by atoms with Gasteiger partial charge in [0.25, 0.3) is 0 Å². The van der Waals surface area contributed by atoms with Crippen LogP contribution >= 0.6 is 0 Å². The number of benzene rings is 2. The summed E-state index contributed by atoms with van der Waals surface area (Å²) in [7, 11) is 0. The second kappa shape index (κ2) is 9.98. The zero-order chi connectivity index (χ0) is 23.4. The van der Waals surface area contributed by atoms with Gasteiger partial charge < -0.3 is 15.2 Å². The van der Waals surface area contributed by atoms with E-state index >= 15 is 0 Å². The minimum Gasteiger partial charge on any atom is -0.354 e. The Balaban J connectivity index is 1.53. The van der Waals surface area contributed by atoms with E-state index in [0.717, 1.165) is 16.7 Å². The highest BCUT2D eigenvalue weighted by molar-refractivity contribution is 5.81. The smallest absolute Gasteiger partial charge is 0.232 e. The quantitative estimate of drug-likeness (QED) is 0.576. The summed E-state index contributed by atoms with van der Waals surface area (Å²) in [4.78, 5) is 30.2. The van der Waals surface area contributed by atoms with Crippen LogP contribution in [0.5, 0.6) is 0 Å². The lowest BCUT2D eigenvalue weighted by atomic mass is 10.0. The summed E-state index contributed by atoms with van der Waals surface area (Å²) in [5.74, 6) is 0.424. The van der Waals surface area contributed by atoms with E-state index in [1.807, 2.05) is 75.4 Å². The summed E-state index contributed by atoms with van der Waals surface area (Å²) in [6.07, 6.45) is 1.37. The molecule has 1 aromatic heterocycles. The molecule has 2 amide bonds. The van der Waals surface area contributed by atoms with Gasteiger partial charge in [0.05, 0.1) is 12.3 Å². The first-order valence-corrected chi connectivity index (χ1v) is 11.4. The number of aromatic nitrogens is 2. The zero-order valence-corrected chi connectivity index (χ0v) is 19.2. The molecule has 0 aliphatic heterocycles. The lowest BCUT2D eigenvalue weighted by Gasteiger charge is -2.18. The van der Waals surface area contributed by atoms with Gasteiger partial charge in [-0.25, -0.2) is 0 Å². The van der Waals surface area contributed by atoms with Crippen molar-refractivity contribution in [2.75, 3.05) is 0 Å². The molecule has 0 unspecified atom stereocenters. The summed E-state index contributed by atoms with van der Waals surface area (Å²) in [5, 5.41) is 10.3. The van der Waals surface area contributed by atoms with Gasteiger partial charge in [-0.15, -0.1) is 0 Å². The van der Waals surface area contributed by atoms with Crippen LogP contribution in [0.1, 0.15) is 49.6 Å². The molecule has 2 N–H and O–H groups in total. The number of carbonyl (C=O) groups excluding carboxylic acids is 2. The molecule has 3 atom stereocenters. The van der Waals surface area contributed by atoms with Crippen molar-refractivity contribution >= 4 is 11.8 Å². The van der Waals surface area contributed by atoms with E-state index in [1.54, 1.807) is 0 Å². The van der Waals surface area contributed by atoms with Crippen molar-refractivity contribution in [3.63, 3.8) is 0 Å². The summed E-state index contributed by atoms with van der Waals surface area (Å²) in [6, 6.07) is 17.3. The average molecular weight is 447 g/mol. The molecule has 0 saturated heterocycles. The van der Waals surface area contributed by atoms with Crippen molar-refractivity contribution in [3.05, 3.63) is 71.6 Å². The van der Waals surface area contributed by atoms with Gasteiger partial charge >= 0.3 is 0 Å². The Morgan fingerprint density at radius 3 is 2.52 bits per heavy atom. The second-order valence-electron chi connectivity index (χ2n) is 9.04. The van der Waals surface area contributed by atoms with Gasteiger partial charge in [0, 0.05) is 23.6 Å². The van der Waals surface area contributed by atoms with Crippen LogP contribution in [0.4, 0.5) is 0 Å². The molecule has 2 aromatic carbocycles. The topological polar surface area (TPSA) is 97.1 Å². The van der Waals surface area contributed by atoms with Crippen molar-refractivity contribution in [1.29, 1.82) is 0 Å². The molecule has 1 fully saturated rings. The molecular formula is C26H30N4O3. The molecule has 7 heteroatoms. The normalized spacial score (nSPS) is 20.1. The van der Waals surface area contributed by atoms with Gasteiger partial charge in [-0.05, 0) is 44.7 Å². The summed E-state index contributed by atoms with van der Waals surface area (Å²) < 4.78 is 5.62. The Labute approximate surface area is 194 Å². The predicted octanol–water partition coefficient (Wildman–Crippen LogP) is 3.79. The number of amides is 2. The largest absolute Gasteiger partial charge is 0.354 e. The Bertz CT molecular complexity index is 1110. The van der Waals surface area contributed by atoms with E-state index < -0.39 is 0 Å². The van der Waals surface area contributed by atoms with Crippen molar-refractivity contribution in [3.8, 4) is 11.4 Å². The Morgan fingerprint density at radius 1 is 1.06 bits per heavy atom. The monoisotopic (exact) mass is 446 g/mol. The van der Waals surface area contributed by atoms with Crippen LogP contribution in [0.25, 0.3) is 11.4 Å². The SMILES string of the molecule is Cc1ccccc1CC(=O)N[C@H]1C[C@H](C(=O)NC(C)C)C[C@H]1c1nc(-c2ccccc2)no1. The molecule has 1 aliphatic carbocycles. The van der Waals surface area contributed by atoms with Crippen LogP contribution in [-0.2, 0) is 16.0 Å². The Kier molecular flexibility index (Phi) is 6.87. The molecule has 0 bridgehead atoms. The van der Waals surface area contributed by atoms with Gasteiger partial charge in [0.15, 0.2) is 0 Å². The third kappa shape index (κ3) is 5.48. The highest BCUT2D eigenvalue weighted by Gasteiger charge is 2.42. The van der Waals surface area contributed by atoms with Crippen LogP contribution in [0.15, 0.2) is 59.1 Å². The molecule has 1 heterocycles. The second-order valence-corrected chi connectivity index (χ2v) is 9.04. The lowest BCUT2D eigenvalue weighted by Crippen LogP contribution is -2.39. The fourth-order valence-electron chi connectivity index (χ4n) is 4.42. The van der Waals surface area contributed by atoms with Crippen LogP contribution < -0.4 is 10.6 Å². The van der Waals surface area contributed by atoms with Crippen LogP contribution in [0, 0.1) is 12.8 Å². The van der Waals surface area contributed by atoms with Crippen molar-refractivity contribution < 1.29 is 14.1 Å². The minimum atomic E-state index is -0.256. The number of carbonyl (C=O) groups is 2. The standard InChI is InChI=1S/C26H30N4O3/c1-16(2)27-25(32)20-13-21(26-29-24(30-33-26)18-10-5-4-6-11-18)22(14-20)28-23(31)15-19-12-8-7-9-17(19)3/h4-12,16,20-22H,13-15H2,1-3H3,(H,27,32)(H,28,31)/t20-,21-,22+/m1/s1. The highest BCUT2D eigenvalue weighted by Crippen LogP contribution is 2.39. The van der Waals surface area contributed by atoms with Crippen molar-refractivity contribution in [2.45, 2.75) is 58.0 Å². The molecule has 172 valence electrons. The van der Waals surface area contributed by atoms with Gasteiger partial charge in [-0.2, -0.15) is 4.98 Å².